The summed E-state index contributed by atoms with van der Waals surface area (Å²) in [5.74, 6) is 6.03. The standard InChI is InChI=1S/C7H6BrN3S/c8-5-3-10-7(11-9)6-4(5)1-2-12-6/h1-3H,9H2,(H,10,11). The maximum atomic E-state index is 5.30. The maximum Gasteiger partial charge on any atom is 0.158 e. The number of fused-ring (bicyclic) bond motifs is 1. The number of hydrazine groups is 1. The van der Waals surface area contributed by atoms with Crippen molar-refractivity contribution < 1.29 is 0 Å². The van der Waals surface area contributed by atoms with Crippen LogP contribution in [-0.2, 0) is 0 Å². The van der Waals surface area contributed by atoms with Crippen LogP contribution >= 0.6 is 27.3 Å². The Bertz CT molecular complexity index is 412. The highest BCUT2D eigenvalue weighted by Gasteiger charge is 2.04. The Morgan fingerprint density at radius 2 is 2.42 bits per heavy atom. The first-order chi connectivity index (χ1) is 5.83. The average Bonchev–Trinajstić information content (AvgIpc) is 2.54. The molecule has 0 saturated heterocycles. The van der Waals surface area contributed by atoms with Gasteiger partial charge in [-0.15, -0.1) is 11.3 Å². The summed E-state index contributed by atoms with van der Waals surface area (Å²) in [6, 6.07) is 2.03. The monoisotopic (exact) mass is 243 g/mol. The molecule has 0 amide bonds. The predicted molar refractivity (Wildman–Crippen MR) is 55.1 cm³/mol. The van der Waals surface area contributed by atoms with Crippen LogP contribution in [0.15, 0.2) is 22.1 Å². The first-order valence-corrected chi connectivity index (χ1v) is 4.98. The molecule has 0 aliphatic rings. The molecule has 2 rings (SSSR count). The first kappa shape index (κ1) is 7.97. The molecule has 2 heterocycles. The summed E-state index contributed by atoms with van der Waals surface area (Å²) in [5.41, 5.74) is 2.56. The Balaban J connectivity index is 2.82. The largest absolute Gasteiger partial charge is 0.307 e. The van der Waals surface area contributed by atoms with Crippen LogP contribution in [0.25, 0.3) is 10.1 Å². The van der Waals surface area contributed by atoms with E-state index in [0.717, 1.165) is 20.4 Å². The molecule has 62 valence electrons. The number of hydrogen-bond donors (Lipinski definition) is 2. The molecule has 0 fully saturated rings. The summed E-state index contributed by atoms with van der Waals surface area (Å²) in [6.45, 7) is 0. The summed E-state index contributed by atoms with van der Waals surface area (Å²) in [6.07, 6.45) is 1.74. The molecule has 2 aromatic rings. The average molecular weight is 244 g/mol. The third kappa shape index (κ3) is 1.10. The number of halogens is 1. The number of nitrogens with one attached hydrogen (secondary N) is 1. The van der Waals surface area contributed by atoms with Gasteiger partial charge in [-0.25, -0.2) is 10.8 Å². The zero-order chi connectivity index (χ0) is 8.55. The van der Waals surface area contributed by atoms with Gasteiger partial charge in [-0.2, -0.15) is 0 Å². The fourth-order valence-corrected chi connectivity index (χ4v) is 2.47. The summed E-state index contributed by atoms with van der Waals surface area (Å²) in [4.78, 5) is 4.12. The van der Waals surface area contributed by atoms with Crippen LogP contribution in [0.3, 0.4) is 0 Å². The lowest BCUT2D eigenvalue weighted by Gasteiger charge is -2.00. The Kier molecular flexibility index (Phi) is 2.00. The summed E-state index contributed by atoms with van der Waals surface area (Å²) in [5, 5.41) is 3.15. The van der Waals surface area contributed by atoms with E-state index in [9.17, 15) is 0 Å². The van der Waals surface area contributed by atoms with Gasteiger partial charge in [0, 0.05) is 16.1 Å². The van der Waals surface area contributed by atoms with E-state index in [2.05, 4.69) is 26.3 Å². The van der Waals surface area contributed by atoms with Crippen molar-refractivity contribution in [3.8, 4) is 0 Å². The van der Waals surface area contributed by atoms with Crippen molar-refractivity contribution in [1.29, 1.82) is 0 Å². The van der Waals surface area contributed by atoms with Gasteiger partial charge in [0.25, 0.3) is 0 Å². The lowest BCUT2D eigenvalue weighted by atomic mass is 10.3. The van der Waals surface area contributed by atoms with Crippen LogP contribution in [0, 0.1) is 0 Å². The molecular weight excluding hydrogens is 238 g/mol. The fourth-order valence-electron chi connectivity index (χ4n) is 1.03. The lowest BCUT2D eigenvalue weighted by Crippen LogP contribution is -2.08. The molecule has 0 spiro atoms. The topological polar surface area (TPSA) is 50.9 Å². The van der Waals surface area contributed by atoms with Gasteiger partial charge in [0.2, 0.25) is 0 Å². The van der Waals surface area contributed by atoms with E-state index in [1.807, 2.05) is 11.4 Å². The zero-order valence-corrected chi connectivity index (χ0v) is 8.45. The van der Waals surface area contributed by atoms with E-state index < -0.39 is 0 Å². The van der Waals surface area contributed by atoms with Crippen molar-refractivity contribution in [1.82, 2.24) is 4.98 Å². The number of nitrogens with two attached hydrogens (primary N) is 1. The van der Waals surface area contributed by atoms with Gasteiger partial charge in [0.1, 0.15) is 0 Å². The minimum absolute atomic E-state index is 0.725. The van der Waals surface area contributed by atoms with E-state index in [-0.39, 0.29) is 0 Å². The molecule has 5 heteroatoms. The van der Waals surface area contributed by atoms with E-state index in [1.165, 1.54) is 0 Å². The van der Waals surface area contributed by atoms with E-state index in [4.69, 9.17) is 5.84 Å². The van der Waals surface area contributed by atoms with Gasteiger partial charge in [-0.05, 0) is 27.4 Å². The van der Waals surface area contributed by atoms with Crippen molar-refractivity contribution in [2.24, 2.45) is 5.84 Å². The molecule has 0 radical (unpaired) electrons. The molecule has 3 N–H and O–H groups in total. The smallest absolute Gasteiger partial charge is 0.158 e. The van der Waals surface area contributed by atoms with Crippen molar-refractivity contribution in [2.45, 2.75) is 0 Å². The minimum atomic E-state index is 0.725. The second kappa shape index (κ2) is 3.01. The number of rotatable bonds is 1. The molecule has 0 aromatic carbocycles. The Labute approximate surface area is 81.7 Å². The van der Waals surface area contributed by atoms with Crippen molar-refractivity contribution in [2.75, 3.05) is 5.43 Å². The lowest BCUT2D eigenvalue weighted by molar-refractivity contribution is 1.25. The highest BCUT2D eigenvalue weighted by atomic mass is 79.9. The van der Waals surface area contributed by atoms with E-state index in [1.54, 1.807) is 17.5 Å². The van der Waals surface area contributed by atoms with Crippen molar-refractivity contribution in [3.63, 3.8) is 0 Å². The second-order valence-corrected chi connectivity index (χ2v) is 4.03. The van der Waals surface area contributed by atoms with Crippen molar-refractivity contribution >= 4 is 43.2 Å². The number of pyridine rings is 1. The van der Waals surface area contributed by atoms with Gasteiger partial charge in [-0.1, -0.05) is 0 Å². The van der Waals surface area contributed by atoms with Crippen molar-refractivity contribution in [3.05, 3.63) is 22.1 Å². The van der Waals surface area contributed by atoms with E-state index >= 15 is 0 Å². The summed E-state index contributed by atoms with van der Waals surface area (Å²) in [7, 11) is 0. The quantitative estimate of drug-likeness (QED) is 0.598. The molecule has 0 aliphatic carbocycles. The molecule has 0 atom stereocenters. The third-order valence-corrected chi connectivity index (χ3v) is 3.13. The van der Waals surface area contributed by atoms with Gasteiger partial charge >= 0.3 is 0 Å². The van der Waals surface area contributed by atoms with Gasteiger partial charge < -0.3 is 5.43 Å². The molecule has 12 heavy (non-hydrogen) atoms. The van der Waals surface area contributed by atoms with Gasteiger partial charge in [-0.3, -0.25) is 0 Å². The molecule has 2 aromatic heterocycles. The normalized spacial score (nSPS) is 10.5. The Morgan fingerprint density at radius 1 is 1.58 bits per heavy atom. The van der Waals surface area contributed by atoms with Gasteiger partial charge in [0.15, 0.2) is 5.82 Å². The molecule has 0 bridgehead atoms. The highest BCUT2D eigenvalue weighted by molar-refractivity contribution is 9.10. The Morgan fingerprint density at radius 3 is 3.17 bits per heavy atom. The molecule has 3 nitrogen and oxygen atoms in total. The number of aromatic nitrogens is 1. The molecule has 0 unspecified atom stereocenters. The molecule has 0 aliphatic heterocycles. The zero-order valence-electron chi connectivity index (χ0n) is 6.04. The molecule has 0 saturated carbocycles. The number of anilines is 1. The minimum Gasteiger partial charge on any atom is -0.307 e. The first-order valence-electron chi connectivity index (χ1n) is 3.31. The summed E-state index contributed by atoms with van der Waals surface area (Å²) >= 11 is 5.03. The van der Waals surface area contributed by atoms with Crippen LogP contribution in [0.5, 0.6) is 0 Å². The predicted octanol–water partition coefficient (Wildman–Crippen LogP) is 2.34. The highest BCUT2D eigenvalue weighted by Crippen LogP contribution is 2.31. The van der Waals surface area contributed by atoms with Crippen LogP contribution in [-0.4, -0.2) is 4.98 Å². The Hall–Kier alpha value is -0.650. The van der Waals surface area contributed by atoms with E-state index in [0.29, 0.717) is 0 Å². The number of nitrogen functional groups attached to an aromatic ring is 1. The van der Waals surface area contributed by atoms with Crippen LogP contribution in [0.2, 0.25) is 0 Å². The SMILES string of the molecule is NNc1ncc(Br)c2ccsc12. The summed E-state index contributed by atoms with van der Waals surface area (Å²) < 4.78 is 2.07. The van der Waals surface area contributed by atoms with Gasteiger partial charge in [0.05, 0.1) is 4.70 Å². The van der Waals surface area contributed by atoms with Crippen LogP contribution in [0.4, 0.5) is 5.82 Å². The number of hydrogen-bond acceptors (Lipinski definition) is 4. The van der Waals surface area contributed by atoms with Crippen LogP contribution in [0.1, 0.15) is 0 Å². The second-order valence-electron chi connectivity index (χ2n) is 2.26. The number of thiophene rings is 1. The number of nitrogens with zero attached hydrogens (tertiary/aromatic N) is 1. The van der Waals surface area contributed by atoms with Crippen LogP contribution < -0.4 is 11.3 Å². The third-order valence-electron chi connectivity index (χ3n) is 1.58. The maximum absolute atomic E-state index is 5.30. The molecular formula is C7H6BrN3S. The fraction of sp³-hybridized carbons (Fsp3) is 0.